The van der Waals surface area contributed by atoms with Gasteiger partial charge in [0.25, 0.3) is 0 Å². The number of nitrogens with one attached hydrogen (secondary N) is 3. The molecule has 2 aromatic heterocycles. The highest BCUT2D eigenvalue weighted by Gasteiger charge is 2.11. The van der Waals surface area contributed by atoms with E-state index in [1.807, 2.05) is 0 Å². The SMILES string of the molecule is CC(NC(=O)NCc1cc(C(=O)O)ccn1)c1ncc[nH]1. The van der Waals surface area contributed by atoms with Crippen LogP contribution in [0.4, 0.5) is 4.79 Å². The zero-order valence-electron chi connectivity index (χ0n) is 11.3. The first-order valence-corrected chi connectivity index (χ1v) is 6.28. The van der Waals surface area contributed by atoms with Gasteiger partial charge < -0.3 is 20.7 Å². The van der Waals surface area contributed by atoms with Gasteiger partial charge in [0.15, 0.2) is 0 Å². The first kappa shape index (κ1) is 14.5. The average molecular weight is 289 g/mol. The second kappa shape index (κ2) is 6.51. The largest absolute Gasteiger partial charge is 0.478 e. The maximum atomic E-state index is 11.7. The van der Waals surface area contributed by atoms with Crippen LogP contribution in [0.2, 0.25) is 0 Å². The van der Waals surface area contributed by atoms with Gasteiger partial charge in [-0.2, -0.15) is 0 Å². The number of carboxylic acid groups (broad SMARTS) is 1. The van der Waals surface area contributed by atoms with Crippen molar-refractivity contribution >= 4 is 12.0 Å². The smallest absolute Gasteiger partial charge is 0.335 e. The number of hydrogen-bond acceptors (Lipinski definition) is 4. The van der Waals surface area contributed by atoms with Crippen molar-refractivity contribution in [3.63, 3.8) is 0 Å². The lowest BCUT2D eigenvalue weighted by Gasteiger charge is -2.12. The lowest BCUT2D eigenvalue weighted by molar-refractivity contribution is 0.0696. The molecule has 110 valence electrons. The van der Waals surface area contributed by atoms with E-state index in [4.69, 9.17) is 5.11 Å². The van der Waals surface area contributed by atoms with Crippen LogP contribution in [0.15, 0.2) is 30.7 Å². The van der Waals surface area contributed by atoms with Gasteiger partial charge >= 0.3 is 12.0 Å². The molecule has 0 fully saturated rings. The summed E-state index contributed by atoms with van der Waals surface area (Å²) in [5.41, 5.74) is 0.599. The summed E-state index contributed by atoms with van der Waals surface area (Å²) in [6, 6.07) is 2.16. The standard InChI is InChI=1S/C13H15N5O3/c1-8(11-15-4-5-16-11)18-13(21)17-7-10-6-9(12(19)20)2-3-14-10/h2-6,8H,7H2,1H3,(H,15,16)(H,19,20)(H2,17,18,21). The van der Waals surface area contributed by atoms with Crippen LogP contribution in [0.3, 0.4) is 0 Å². The molecule has 4 N–H and O–H groups in total. The fourth-order valence-electron chi connectivity index (χ4n) is 1.71. The topological polar surface area (TPSA) is 120 Å². The first-order chi connectivity index (χ1) is 10.1. The third kappa shape index (κ3) is 4.03. The summed E-state index contributed by atoms with van der Waals surface area (Å²) in [5, 5.41) is 14.2. The van der Waals surface area contributed by atoms with Gasteiger partial charge in [-0.3, -0.25) is 4.98 Å². The Hall–Kier alpha value is -2.90. The van der Waals surface area contributed by atoms with Crippen LogP contribution in [-0.2, 0) is 6.54 Å². The van der Waals surface area contributed by atoms with Gasteiger partial charge in [-0.1, -0.05) is 0 Å². The summed E-state index contributed by atoms with van der Waals surface area (Å²) in [7, 11) is 0. The molecule has 1 unspecified atom stereocenters. The van der Waals surface area contributed by atoms with E-state index in [1.54, 1.807) is 19.3 Å². The molecule has 0 saturated heterocycles. The van der Waals surface area contributed by atoms with Crippen LogP contribution >= 0.6 is 0 Å². The van der Waals surface area contributed by atoms with Crippen molar-refractivity contribution in [3.05, 3.63) is 47.8 Å². The number of rotatable bonds is 5. The lowest BCUT2D eigenvalue weighted by Crippen LogP contribution is -2.37. The summed E-state index contributed by atoms with van der Waals surface area (Å²) < 4.78 is 0. The summed E-state index contributed by atoms with van der Waals surface area (Å²) >= 11 is 0. The molecule has 0 aliphatic rings. The van der Waals surface area contributed by atoms with Crippen LogP contribution < -0.4 is 10.6 Å². The normalized spacial score (nSPS) is 11.7. The number of carbonyl (C=O) groups is 2. The molecule has 0 radical (unpaired) electrons. The van der Waals surface area contributed by atoms with Gasteiger partial charge in [0.05, 0.1) is 23.8 Å². The number of imidazole rings is 1. The van der Waals surface area contributed by atoms with Crippen molar-refractivity contribution in [2.24, 2.45) is 0 Å². The molecule has 0 bridgehead atoms. The molecule has 2 amide bonds. The number of hydrogen-bond donors (Lipinski definition) is 4. The molecule has 0 aromatic carbocycles. The van der Waals surface area contributed by atoms with Gasteiger partial charge in [0.1, 0.15) is 5.82 Å². The number of nitrogens with zero attached hydrogens (tertiary/aromatic N) is 2. The Morgan fingerprint density at radius 1 is 1.38 bits per heavy atom. The highest BCUT2D eigenvalue weighted by atomic mass is 16.4. The maximum Gasteiger partial charge on any atom is 0.335 e. The number of aromatic carboxylic acids is 1. The van der Waals surface area contributed by atoms with Gasteiger partial charge in [-0.25, -0.2) is 14.6 Å². The Balaban J connectivity index is 1.86. The van der Waals surface area contributed by atoms with Crippen LogP contribution in [0.1, 0.15) is 34.8 Å². The van der Waals surface area contributed by atoms with Crippen LogP contribution in [0.5, 0.6) is 0 Å². The van der Waals surface area contributed by atoms with Gasteiger partial charge in [0.2, 0.25) is 0 Å². The summed E-state index contributed by atoms with van der Waals surface area (Å²) in [6.07, 6.45) is 4.67. The Labute approximate surface area is 120 Å². The van der Waals surface area contributed by atoms with E-state index in [9.17, 15) is 9.59 Å². The highest BCUT2D eigenvalue weighted by molar-refractivity contribution is 5.87. The van der Waals surface area contributed by atoms with Crippen molar-refractivity contribution in [1.82, 2.24) is 25.6 Å². The average Bonchev–Trinajstić information content (AvgIpc) is 2.99. The monoisotopic (exact) mass is 289 g/mol. The molecule has 8 nitrogen and oxygen atoms in total. The summed E-state index contributed by atoms with van der Waals surface area (Å²) in [5.74, 6) is -0.384. The van der Waals surface area contributed by atoms with Crippen molar-refractivity contribution in [2.75, 3.05) is 0 Å². The van der Waals surface area contributed by atoms with Gasteiger partial charge in [-0.15, -0.1) is 0 Å². The quantitative estimate of drug-likeness (QED) is 0.656. The minimum absolute atomic E-state index is 0.131. The van der Waals surface area contributed by atoms with Crippen LogP contribution in [-0.4, -0.2) is 32.1 Å². The third-order valence-corrected chi connectivity index (χ3v) is 2.77. The number of H-pyrrole nitrogens is 1. The fourth-order valence-corrected chi connectivity index (χ4v) is 1.71. The van der Waals surface area contributed by atoms with Crippen molar-refractivity contribution in [2.45, 2.75) is 19.5 Å². The van der Waals surface area contributed by atoms with Crippen LogP contribution in [0, 0.1) is 0 Å². The fraction of sp³-hybridized carbons (Fsp3) is 0.231. The molecule has 0 spiro atoms. The molecular formula is C13H15N5O3. The van der Waals surface area contributed by atoms with E-state index in [0.29, 0.717) is 11.5 Å². The molecule has 21 heavy (non-hydrogen) atoms. The minimum Gasteiger partial charge on any atom is -0.478 e. The molecule has 2 rings (SSSR count). The third-order valence-electron chi connectivity index (χ3n) is 2.77. The highest BCUT2D eigenvalue weighted by Crippen LogP contribution is 2.05. The molecular weight excluding hydrogens is 274 g/mol. The van der Waals surface area contributed by atoms with Crippen molar-refractivity contribution < 1.29 is 14.7 Å². The Kier molecular flexibility index (Phi) is 4.50. The van der Waals surface area contributed by atoms with Crippen molar-refractivity contribution in [1.29, 1.82) is 0 Å². The summed E-state index contributed by atoms with van der Waals surface area (Å²) in [6.45, 7) is 1.93. The molecule has 0 aliphatic heterocycles. The number of amides is 2. The number of urea groups is 1. The second-order valence-corrected chi connectivity index (χ2v) is 4.36. The molecule has 2 aromatic rings. The molecule has 8 heteroatoms. The summed E-state index contributed by atoms with van der Waals surface area (Å²) in [4.78, 5) is 33.5. The Morgan fingerprint density at radius 3 is 2.86 bits per heavy atom. The van der Waals surface area contributed by atoms with E-state index >= 15 is 0 Å². The lowest BCUT2D eigenvalue weighted by atomic mass is 10.2. The molecule has 0 saturated carbocycles. The van der Waals surface area contributed by atoms with E-state index in [0.717, 1.165) is 0 Å². The predicted octanol–water partition coefficient (Wildman–Crippen LogP) is 1.06. The first-order valence-electron chi connectivity index (χ1n) is 6.28. The molecule has 1 atom stereocenters. The van der Waals surface area contributed by atoms with E-state index in [2.05, 4.69) is 25.6 Å². The Bertz CT molecular complexity index is 626. The number of carbonyl (C=O) groups excluding carboxylic acids is 1. The number of aromatic amines is 1. The Morgan fingerprint density at radius 2 is 2.19 bits per heavy atom. The second-order valence-electron chi connectivity index (χ2n) is 4.36. The minimum atomic E-state index is -1.03. The zero-order chi connectivity index (χ0) is 15.2. The van der Waals surface area contributed by atoms with E-state index in [-0.39, 0.29) is 24.2 Å². The number of carboxylic acids is 1. The molecule has 2 heterocycles. The zero-order valence-corrected chi connectivity index (χ0v) is 11.3. The van der Waals surface area contributed by atoms with Crippen molar-refractivity contribution in [3.8, 4) is 0 Å². The number of aromatic nitrogens is 3. The predicted molar refractivity (Wildman–Crippen MR) is 73.6 cm³/mol. The van der Waals surface area contributed by atoms with E-state index < -0.39 is 5.97 Å². The van der Waals surface area contributed by atoms with Gasteiger partial charge in [-0.05, 0) is 19.1 Å². The number of pyridine rings is 1. The molecule has 0 aliphatic carbocycles. The van der Waals surface area contributed by atoms with E-state index in [1.165, 1.54) is 18.3 Å². The maximum absolute atomic E-state index is 11.7. The van der Waals surface area contributed by atoms with Gasteiger partial charge in [0, 0.05) is 18.6 Å². The van der Waals surface area contributed by atoms with Crippen LogP contribution in [0.25, 0.3) is 0 Å².